The van der Waals surface area contributed by atoms with Gasteiger partial charge in [-0.25, -0.2) is 0 Å². The molecule has 6 nitrogen and oxygen atoms in total. The molecule has 0 saturated heterocycles. The number of thioether (sulfide) groups is 1. The molecule has 3 rings (SSSR count). The molecule has 0 aliphatic rings. The highest BCUT2D eigenvalue weighted by Gasteiger charge is 2.14. The van der Waals surface area contributed by atoms with Gasteiger partial charge in [-0.05, 0) is 35.0 Å². The minimum Gasteiger partial charge on any atom is -0.497 e. The number of nitrogens with zero attached hydrogens (tertiary/aromatic N) is 4. The Labute approximate surface area is 144 Å². The van der Waals surface area contributed by atoms with Gasteiger partial charge in [-0.2, -0.15) is 4.68 Å². The van der Waals surface area contributed by atoms with Crippen molar-refractivity contribution in [3.8, 4) is 17.2 Å². The third-order valence-electron chi connectivity index (χ3n) is 3.54. The molecule has 0 fully saturated rings. The van der Waals surface area contributed by atoms with Gasteiger partial charge in [0.1, 0.15) is 17.2 Å². The Morgan fingerprint density at radius 3 is 2.54 bits per heavy atom. The molecule has 3 aromatic rings. The number of tetrazole rings is 1. The largest absolute Gasteiger partial charge is 0.497 e. The summed E-state index contributed by atoms with van der Waals surface area (Å²) in [4.78, 5) is 0. The van der Waals surface area contributed by atoms with Crippen LogP contribution in [-0.2, 0) is 5.75 Å². The second-order valence-corrected chi connectivity index (χ2v) is 6.13. The minimum atomic E-state index is 0.681. The standard InChI is InChI=1S/C17H18N4O2S/c1-12-4-6-13(7-5-12)11-24-17-18-19-20-21(17)15-10-14(22-2)8-9-16(15)23-3/h4-10H,11H2,1-3H3. The van der Waals surface area contributed by atoms with E-state index in [1.807, 2.05) is 18.2 Å². The number of rotatable bonds is 6. The van der Waals surface area contributed by atoms with Gasteiger partial charge in [-0.15, -0.1) is 5.10 Å². The molecule has 0 aliphatic heterocycles. The van der Waals surface area contributed by atoms with Crippen molar-refractivity contribution in [2.45, 2.75) is 17.8 Å². The summed E-state index contributed by atoms with van der Waals surface area (Å²) in [7, 11) is 3.24. The SMILES string of the molecule is COc1ccc(OC)c(-n2nnnc2SCc2ccc(C)cc2)c1. The van der Waals surface area contributed by atoms with E-state index in [1.165, 1.54) is 11.1 Å². The summed E-state index contributed by atoms with van der Waals surface area (Å²) in [5, 5.41) is 12.7. The number of benzene rings is 2. The van der Waals surface area contributed by atoms with Gasteiger partial charge < -0.3 is 9.47 Å². The maximum absolute atomic E-state index is 5.42. The highest BCUT2D eigenvalue weighted by atomic mass is 32.2. The smallest absolute Gasteiger partial charge is 0.214 e. The summed E-state index contributed by atoms with van der Waals surface area (Å²) in [6.45, 7) is 2.08. The van der Waals surface area contributed by atoms with Gasteiger partial charge in [0.05, 0.1) is 14.2 Å². The Balaban J connectivity index is 1.86. The van der Waals surface area contributed by atoms with Crippen LogP contribution in [0, 0.1) is 6.92 Å². The molecule has 0 radical (unpaired) electrons. The predicted octanol–water partition coefficient (Wildman–Crippen LogP) is 3.28. The number of aryl methyl sites for hydroxylation is 1. The number of ether oxygens (including phenoxy) is 2. The molecule has 0 unspecified atom stereocenters. The van der Waals surface area contributed by atoms with E-state index >= 15 is 0 Å². The first-order chi connectivity index (χ1) is 11.7. The highest BCUT2D eigenvalue weighted by molar-refractivity contribution is 7.98. The van der Waals surface area contributed by atoms with E-state index in [-0.39, 0.29) is 0 Å². The summed E-state index contributed by atoms with van der Waals surface area (Å²) >= 11 is 1.57. The average Bonchev–Trinajstić information content (AvgIpc) is 3.09. The number of methoxy groups -OCH3 is 2. The summed E-state index contributed by atoms with van der Waals surface area (Å²) in [5.41, 5.74) is 3.21. The van der Waals surface area contributed by atoms with Crippen LogP contribution < -0.4 is 9.47 Å². The fraction of sp³-hybridized carbons (Fsp3) is 0.235. The zero-order valence-corrected chi connectivity index (χ0v) is 14.6. The molecule has 0 aliphatic carbocycles. The summed E-state index contributed by atoms with van der Waals surface area (Å²) in [6, 6.07) is 14.0. The molecule has 0 amide bonds. The Bertz CT molecular complexity index is 818. The lowest BCUT2D eigenvalue weighted by Crippen LogP contribution is -2.02. The zero-order valence-electron chi connectivity index (χ0n) is 13.8. The van der Waals surface area contributed by atoms with Crippen LogP contribution in [0.25, 0.3) is 5.69 Å². The Morgan fingerprint density at radius 1 is 1.04 bits per heavy atom. The molecule has 1 heterocycles. The fourth-order valence-electron chi connectivity index (χ4n) is 2.21. The maximum atomic E-state index is 5.42. The van der Waals surface area contributed by atoms with Gasteiger partial charge in [0.25, 0.3) is 0 Å². The second-order valence-electron chi connectivity index (χ2n) is 5.19. The topological polar surface area (TPSA) is 62.1 Å². The van der Waals surface area contributed by atoms with E-state index in [1.54, 1.807) is 30.7 Å². The summed E-state index contributed by atoms with van der Waals surface area (Å²) < 4.78 is 12.4. The van der Waals surface area contributed by atoms with Gasteiger partial charge in [0.15, 0.2) is 0 Å². The monoisotopic (exact) mass is 342 g/mol. The lowest BCUT2D eigenvalue weighted by Gasteiger charge is -2.11. The minimum absolute atomic E-state index is 0.681. The zero-order chi connectivity index (χ0) is 16.9. The number of hydrogen-bond donors (Lipinski definition) is 0. The third kappa shape index (κ3) is 3.51. The van der Waals surface area contributed by atoms with Crippen LogP contribution in [0.5, 0.6) is 11.5 Å². The van der Waals surface area contributed by atoms with E-state index in [0.29, 0.717) is 10.9 Å². The molecule has 24 heavy (non-hydrogen) atoms. The highest BCUT2D eigenvalue weighted by Crippen LogP contribution is 2.30. The van der Waals surface area contributed by atoms with Gasteiger partial charge >= 0.3 is 0 Å². The number of hydrogen-bond acceptors (Lipinski definition) is 6. The van der Waals surface area contributed by atoms with Crippen LogP contribution >= 0.6 is 11.8 Å². The van der Waals surface area contributed by atoms with Crippen molar-refractivity contribution in [1.29, 1.82) is 0 Å². The van der Waals surface area contributed by atoms with Crippen molar-refractivity contribution >= 4 is 11.8 Å². The van der Waals surface area contributed by atoms with Crippen molar-refractivity contribution in [2.75, 3.05) is 14.2 Å². The lowest BCUT2D eigenvalue weighted by atomic mass is 10.2. The first kappa shape index (κ1) is 16.3. The molecule has 0 atom stereocenters. The van der Waals surface area contributed by atoms with Crippen molar-refractivity contribution in [1.82, 2.24) is 20.2 Å². The summed E-state index contributed by atoms with van der Waals surface area (Å²) in [5.74, 6) is 2.18. The van der Waals surface area contributed by atoms with Crippen molar-refractivity contribution in [3.05, 3.63) is 53.6 Å². The maximum Gasteiger partial charge on any atom is 0.214 e. The van der Waals surface area contributed by atoms with Crippen molar-refractivity contribution < 1.29 is 9.47 Å². The van der Waals surface area contributed by atoms with Crippen LogP contribution in [0.2, 0.25) is 0 Å². The predicted molar refractivity (Wildman–Crippen MR) is 93.0 cm³/mol. The van der Waals surface area contributed by atoms with Crippen LogP contribution in [0.1, 0.15) is 11.1 Å². The first-order valence-corrected chi connectivity index (χ1v) is 8.39. The van der Waals surface area contributed by atoms with E-state index in [4.69, 9.17) is 9.47 Å². The van der Waals surface area contributed by atoms with E-state index < -0.39 is 0 Å². The van der Waals surface area contributed by atoms with Gasteiger partial charge in [0, 0.05) is 11.8 Å². The molecule has 0 saturated carbocycles. The molecule has 0 spiro atoms. The van der Waals surface area contributed by atoms with E-state index in [0.717, 1.165) is 17.2 Å². The van der Waals surface area contributed by atoms with Crippen LogP contribution in [-0.4, -0.2) is 34.4 Å². The van der Waals surface area contributed by atoms with Gasteiger partial charge in [-0.1, -0.05) is 41.6 Å². The fourth-order valence-corrected chi connectivity index (χ4v) is 3.05. The lowest BCUT2D eigenvalue weighted by molar-refractivity contribution is 0.399. The second kappa shape index (κ2) is 7.35. The molecular formula is C17H18N4O2S. The molecular weight excluding hydrogens is 324 g/mol. The van der Waals surface area contributed by atoms with Crippen molar-refractivity contribution in [3.63, 3.8) is 0 Å². The Hall–Kier alpha value is -2.54. The average molecular weight is 342 g/mol. The Kier molecular flexibility index (Phi) is 5.00. The van der Waals surface area contributed by atoms with E-state index in [9.17, 15) is 0 Å². The molecule has 124 valence electrons. The quantitative estimate of drug-likeness (QED) is 0.641. The number of aromatic nitrogens is 4. The van der Waals surface area contributed by atoms with Gasteiger partial charge in [0.2, 0.25) is 5.16 Å². The summed E-state index contributed by atoms with van der Waals surface area (Å²) in [6.07, 6.45) is 0. The van der Waals surface area contributed by atoms with Crippen LogP contribution in [0.15, 0.2) is 47.6 Å². The third-order valence-corrected chi connectivity index (χ3v) is 4.53. The van der Waals surface area contributed by atoms with Crippen molar-refractivity contribution in [2.24, 2.45) is 0 Å². The van der Waals surface area contributed by atoms with Crippen LogP contribution in [0.3, 0.4) is 0 Å². The normalized spacial score (nSPS) is 10.6. The van der Waals surface area contributed by atoms with E-state index in [2.05, 4.69) is 46.7 Å². The molecule has 7 heteroatoms. The van der Waals surface area contributed by atoms with Gasteiger partial charge in [-0.3, -0.25) is 0 Å². The van der Waals surface area contributed by atoms with Crippen LogP contribution in [0.4, 0.5) is 0 Å². The Morgan fingerprint density at radius 2 is 1.83 bits per heavy atom. The molecule has 1 aromatic heterocycles. The molecule has 0 N–H and O–H groups in total. The molecule has 2 aromatic carbocycles. The molecule has 0 bridgehead atoms. The first-order valence-electron chi connectivity index (χ1n) is 7.40.